The average Bonchev–Trinajstić information content (AvgIpc) is 2.77. The largest absolute Gasteiger partial charge is 0.497 e. The van der Waals surface area contributed by atoms with Crippen LogP contribution in [-0.4, -0.2) is 30.5 Å². The third kappa shape index (κ3) is 4.64. The second-order valence-corrected chi connectivity index (χ2v) is 11.0. The van der Waals surface area contributed by atoms with Gasteiger partial charge in [0.25, 0.3) is 20.0 Å². The van der Waals surface area contributed by atoms with Gasteiger partial charge in [0, 0.05) is 18.3 Å². The first-order valence-corrected chi connectivity index (χ1v) is 12.8. The van der Waals surface area contributed by atoms with Crippen LogP contribution in [0.5, 0.6) is 5.75 Å². The van der Waals surface area contributed by atoms with E-state index in [4.69, 9.17) is 4.74 Å². The van der Waals surface area contributed by atoms with Gasteiger partial charge in [0.15, 0.2) is 0 Å². The molecule has 11 heteroatoms. The summed E-state index contributed by atoms with van der Waals surface area (Å²) in [4.78, 5) is -0.449. The summed E-state index contributed by atoms with van der Waals surface area (Å²) < 4.78 is 87.1. The average molecular weight is 495 g/mol. The van der Waals surface area contributed by atoms with E-state index in [0.29, 0.717) is 48.0 Å². The molecule has 1 heterocycles. The normalized spacial score (nSPS) is 14.0. The Kier molecular flexibility index (Phi) is 6.02. The Bertz CT molecular complexity index is 1390. The van der Waals surface area contributed by atoms with Crippen LogP contribution >= 0.6 is 0 Å². The number of ether oxygens (including phenoxy) is 1. The Hall–Kier alpha value is -3.18. The standard InChI is InChI=1S/C22H20F2N2O5S2/c1-31-19-5-7-20(8-6-19)33(29,30)26-10-2-3-15-11-18(4-9-22(15)26)25-32(27,28)21-13-16(23)12-17(24)14-21/h4-9,11-14,25H,2-3,10H2,1H3. The van der Waals surface area contributed by atoms with Crippen LogP contribution in [0.3, 0.4) is 0 Å². The van der Waals surface area contributed by atoms with E-state index in [9.17, 15) is 25.6 Å². The van der Waals surface area contributed by atoms with Crippen molar-refractivity contribution in [1.82, 2.24) is 0 Å². The summed E-state index contributed by atoms with van der Waals surface area (Å²) in [6.45, 7) is 0.273. The lowest BCUT2D eigenvalue weighted by atomic mass is 10.0. The molecule has 174 valence electrons. The molecule has 0 spiro atoms. The van der Waals surface area contributed by atoms with Gasteiger partial charge in [0.2, 0.25) is 0 Å². The molecule has 1 N–H and O–H groups in total. The monoisotopic (exact) mass is 494 g/mol. The number of anilines is 2. The molecule has 0 atom stereocenters. The molecule has 3 aromatic rings. The Labute approximate surface area is 190 Å². The number of fused-ring (bicyclic) bond motifs is 1. The van der Waals surface area contributed by atoms with Gasteiger partial charge in [-0.1, -0.05) is 0 Å². The molecule has 0 fully saturated rings. The minimum atomic E-state index is -4.25. The lowest BCUT2D eigenvalue weighted by Gasteiger charge is -2.31. The minimum Gasteiger partial charge on any atom is -0.497 e. The van der Waals surface area contributed by atoms with Crippen LogP contribution in [0.2, 0.25) is 0 Å². The Balaban J connectivity index is 1.64. The summed E-state index contributed by atoms with van der Waals surface area (Å²) >= 11 is 0. The van der Waals surface area contributed by atoms with Crippen molar-refractivity contribution in [1.29, 1.82) is 0 Å². The van der Waals surface area contributed by atoms with Gasteiger partial charge in [0.05, 0.1) is 22.6 Å². The molecule has 7 nitrogen and oxygen atoms in total. The molecule has 0 radical (unpaired) electrons. The zero-order chi connectivity index (χ0) is 23.8. The Morgan fingerprint density at radius 1 is 0.879 bits per heavy atom. The molecule has 0 amide bonds. The van der Waals surface area contributed by atoms with Gasteiger partial charge in [-0.2, -0.15) is 0 Å². The van der Waals surface area contributed by atoms with E-state index in [1.165, 1.54) is 41.7 Å². The topological polar surface area (TPSA) is 92.8 Å². The highest BCUT2D eigenvalue weighted by Crippen LogP contribution is 2.34. The molecule has 1 aliphatic rings. The van der Waals surface area contributed by atoms with Gasteiger partial charge < -0.3 is 4.74 Å². The highest BCUT2D eigenvalue weighted by molar-refractivity contribution is 7.93. The molecular weight excluding hydrogens is 474 g/mol. The van der Waals surface area contributed by atoms with Crippen molar-refractivity contribution in [2.75, 3.05) is 22.7 Å². The predicted molar refractivity (Wildman–Crippen MR) is 119 cm³/mol. The van der Waals surface area contributed by atoms with Crippen molar-refractivity contribution in [2.45, 2.75) is 22.6 Å². The summed E-state index contributed by atoms with van der Waals surface area (Å²) in [5, 5.41) is 0. The van der Waals surface area contributed by atoms with Gasteiger partial charge in [-0.05, 0) is 73.0 Å². The first kappa shape index (κ1) is 23.0. The third-order valence-corrected chi connectivity index (χ3v) is 8.39. The zero-order valence-electron chi connectivity index (χ0n) is 17.5. The number of sulfonamides is 2. The first-order valence-electron chi connectivity index (χ1n) is 9.89. The fourth-order valence-electron chi connectivity index (χ4n) is 3.65. The van der Waals surface area contributed by atoms with E-state index in [1.807, 2.05) is 0 Å². The van der Waals surface area contributed by atoms with Gasteiger partial charge >= 0.3 is 0 Å². The second kappa shape index (κ2) is 8.64. The van der Waals surface area contributed by atoms with Crippen LogP contribution in [-0.2, 0) is 26.5 Å². The number of nitrogens with zero attached hydrogens (tertiary/aromatic N) is 1. The van der Waals surface area contributed by atoms with Crippen LogP contribution in [0.4, 0.5) is 20.2 Å². The van der Waals surface area contributed by atoms with Crippen LogP contribution in [0, 0.1) is 11.6 Å². The number of halogens is 2. The van der Waals surface area contributed by atoms with E-state index in [2.05, 4.69) is 4.72 Å². The number of benzene rings is 3. The van der Waals surface area contributed by atoms with Gasteiger partial charge in [-0.15, -0.1) is 0 Å². The Morgan fingerprint density at radius 3 is 2.18 bits per heavy atom. The predicted octanol–water partition coefficient (Wildman–Crippen LogP) is 3.92. The van der Waals surface area contributed by atoms with Crippen LogP contribution in [0.15, 0.2) is 70.5 Å². The van der Waals surface area contributed by atoms with Crippen molar-refractivity contribution < 1.29 is 30.4 Å². The van der Waals surface area contributed by atoms with Gasteiger partial charge in [0.1, 0.15) is 17.4 Å². The van der Waals surface area contributed by atoms with E-state index < -0.39 is 36.6 Å². The summed E-state index contributed by atoms with van der Waals surface area (Å²) in [6.07, 6.45) is 1.07. The molecule has 0 aromatic heterocycles. The molecule has 3 aromatic carbocycles. The van der Waals surface area contributed by atoms with Crippen molar-refractivity contribution in [3.63, 3.8) is 0 Å². The summed E-state index contributed by atoms with van der Waals surface area (Å²) in [7, 11) is -6.61. The molecule has 4 rings (SSSR count). The zero-order valence-corrected chi connectivity index (χ0v) is 19.1. The van der Waals surface area contributed by atoms with Crippen LogP contribution < -0.4 is 13.8 Å². The van der Waals surface area contributed by atoms with Crippen LogP contribution in [0.25, 0.3) is 0 Å². The molecule has 0 saturated carbocycles. The van der Waals surface area contributed by atoms with Crippen molar-refractivity contribution in [3.05, 3.63) is 77.9 Å². The maximum atomic E-state index is 13.5. The fourth-order valence-corrected chi connectivity index (χ4v) is 6.28. The molecule has 0 aliphatic carbocycles. The third-order valence-electron chi connectivity index (χ3n) is 5.20. The summed E-state index contributed by atoms with van der Waals surface area (Å²) in [5.41, 5.74) is 1.22. The number of hydrogen-bond donors (Lipinski definition) is 1. The lowest BCUT2D eigenvalue weighted by molar-refractivity contribution is 0.414. The summed E-state index contributed by atoms with van der Waals surface area (Å²) in [5.74, 6) is -1.50. The highest BCUT2D eigenvalue weighted by Gasteiger charge is 2.29. The van der Waals surface area contributed by atoms with E-state index in [0.717, 1.165) is 0 Å². The van der Waals surface area contributed by atoms with E-state index in [-0.39, 0.29) is 17.1 Å². The maximum Gasteiger partial charge on any atom is 0.264 e. The minimum absolute atomic E-state index is 0.106. The number of rotatable bonds is 6. The smallest absolute Gasteiger partial charge is 0.264 e. The number of hydrogen-bond acceptors (Lipinski definition) is 5. The Morgan fingerprint density at radius 2 is 1.55 bits per heavy atom. The molecular formula is C22H20F2N2O5S2. The second-order valence-electron chi connectivity index (χ2n) is 7.41. The molecule has 0 saturated heterocycles. The van der Waals surface area contributed by atoms with Crippen molar-refractivity contribution in [3.8, 4) is 5.75 Å². The number of aryl methyl sites for hydroxylation is 1. The first-order chi connectivity index (χ1) is 15.6. The van der Waals surface area contributed by atoms with E-state index >= 15 is 0 Å². The molecule has 0 unspecified atom stereocenters. The highest BCUT2D eigenvalue weighted by atomic mass is 32.2. The number of methoxy groups -OCH3 is 1. The quantitative estimate of drug-likeness (QED) is 0.561. The number of nitrogens with one attached hydrogen (secondary N) is 1. The summed E-state index contributed by atoms with van der Waals surface area (Å²) in [6, 6.07) is 12.5. The maximum absolute atomic E-state index is 13.5. The molecule has 33 heavy (non-hydrogen) atoms. The van der Waals surface area contributed by atoms with Gasteiger partial charge in [-0.3, -0.25) is 9.03 Å². The van der Waals surface area contributed by atoms with Gasteiger partial charge in [-0.25, -0.2) is 25.6 Å². The molecule has 1 aliphatic heterocycles. The lowest BCUT2D eigenvalue weighted by Crippen LogP contribution is -2.35. The molecule has 0 bridgehead atoms. The van der Waals surface area contributed by atoms with Crippen LogP contribution in [0.1, 0.15) is 12.0 Å². The SMILES string of the molecule is COc1ccc(S(=O)(=O)N2CCCc3cc(NS(=O)(=O)c4cc(F)cc(F)c4)ccc32)cc1. The van der Waals surface area contributed by atoms with Crippen molar-refractivity contribution in [2.24, 2.45) is 0 Å². The van der Waals surface area contributed by atoms with E-state index in [1.54, 1.807) is 12.1 Å². The van der Waals surface area contributed by atoms with Crippen molar-refractivity contribution >= 4 is 31.4 Å². The fraction of sp³-hybridized carbons (Fsp3) is 0.182.